The van der Waals surface area contributed by atoms with Crippen LogP contribution in [-0.4, -0.2) is 50.6 Å². The lowest BCUT2D eigenvalue weighted by atomic mass is 10.2. The third-order valence-electron chi connectivity index (χ3n) is 4.74. The number of oxazole rings is 1. The van der Waals surface area contributed by atoms with Gasteiger partial charge in [0.1, 0.15) is 6.07 Å². The van der Waals surface area contributed by atoms with Crippen LogP contribution in [0.4, 0.5) is 5.88 Å². The molecule has 0 unspecified atom stereocenters. The minimum atomic E-state index is -3.48. The average molecular weight is 419 g/mol. The van der Waals surface area contributed by atoms with E-state index in [1.807, 2.05) is 13.0 Å². The molecule has 0 aliphatic carbocycles. The number of anilines is 1. The summed E-state index contributed by atoms with van der Waals surface area (Å²) < 4.78 is 38.0. The Morgan fingerprint density at radius 2 is 1.97 bits per heavy atom. The first-order chi connectivity index (χ1) is 14.1. The Kier molecular flexibility index (Phi) is 7.25. The van der Waals surface area contributed by atoms with Gasteiger partial charge in [-0.3, -0.25) is 0 Å². The van der Waals surface area contributed by atoms with Gasteiger partial charge >= 0.3 is 0 Å². The fraction of sp³-hybridized carbons (Fsp3) is 0.500. The summed E-state index contributed by atoms with van der Waals surface area (Å²) in [6.07, 6.45) is 3.63. The van der Waals surface area contributed by atoms with Gasteiger partial charge in [-0.15, -0.1) is 0 Å². The average Bonchev–Trinajstić information content (AvgIpc) is 3.17. The predicted octanol–water partition coefficient (Wildman–Crippen LogP) is 3.23. The summed E-state index contributed by atoms with van der Waals surface area (Å²) in [5.41, 5.74) is 0.780. The standard InChI is InChI=1S/C20H26N4O4S/c1-2-27-14-6-11-22-20-18(15-21)23-19(28-20)16-7-9-17(10-8-16)29(25,26)24-12-4-3-5-13-24/h7-10,22H,2-6,11-14H2,1H3. The first-order valence-electron chi connectivity index (χ1n) is 9.89. The zero-order chi connectivity index (χ0) is 20.7. The SMILES string of the molecule is CCOCCCNc1oc(-c2ccc(S(=O)(=O)N3CCCCC3)cc2)nc1C#N. The summed E-state index contributed by atoms with van der Waals surface area (Å²) in [4.78, 5) is 4.47. The number of sulfonamides is 1. The summed E-state index contributed by atoms with van der Waals surface area (Å²) >= 11 is 0. The van der Waals surface area contributed by atoms with Gasteiger partial charge in [0.25, 0.3) is 0 Å². The Morgan fingerprint density at radius 3 is 2.62 bits per heavy atom. The fourth-order valence-corrected chi connectivity index (χ4v) is 4.70. The molecule has 2 aromatic rings. The molecule has 0 bridgehead atoms. The van der Waals surface area contributed by atoms with Gasteiger partial charge < -0.3 is 14.5 Å². The van der Waals surface area contributed by atoms with Gasteiger partial charge in [0, 0.05) is 38.4 Å². The van der Waals surface area contributed by atoms with Gasteiger partial charge in [-0.05, 0) is 50.5 Å². The van der Waals surface area contributed by atoms with Crippen molar-refractivity contribution in [2.45, 2.75) is 37.5 Å². The van der Waals surface area contributed by atoms with Gasteiger partial charge in [0.05, 0.1) is 4.90 Å². The van der Waals surface area contributed by atoms with E-state index in [9.17, 15) is 13.7 Å². The zero-order valence-electron chi connectivity index (χ0n) is 16.6. The highest BCUT2D eigenvalue weighted by Gasteiger charge is 2.26. The Morgan fingerprint density at radius 1 is 1.24 bits per heavy atom. The molecule has 2 heterocycles. The first-order valence-corrected chi connectivity index (χ1v) is 11.3. The first kappa shape index (κ1) is 21.3. The van der Waals surface area contributed by atoms with Crippen LogP contribution in [0.15, 0.2) is 33.6 Å². The number of hydrogen-bond donors (Lipinski definition) is 1. The molecule has 0 spiro atoms. The van der Waals surface area contributed by atoms with Crippen LogP contribution in [0.2, 0.25) is 0 Å². The van der Waals surface area contributed by atoms with Crippen molar-refractivity contribution in [1.82, 2.24) is 9.29 Å². The van der Waals surface area contributed by atoms with E-state index in [1.54, 1.807) is 24.3 Å². The van der Waals surface area contributed by atoms with Crippen molar-refractivity contribution in [2.75, 3.05) is 38.2 Å². The molecule has 0 saturated carbocycles. The van der Waals surface area contributed by atoms with Gasteiger partial charge in [0.2, 0.25) is 27.5 Å². The smallest absolute Gasteiger partial charge is 0.243 e. The molecule has 3 rings (SSSR count). The Bertz CT molecular complexity index is 942. The molecule has 1 aromatic heterocycles. The lowest BCUT2D eigenvalue weighted by molar-refractivity contribution is 0.147. The van der Waals surface area contributed by atoms with Crippen LogP contribution < -0.4 is 5.32 Å². The second-order valence-electron chi connectivity index (χ2n) is 6.77. The van der Waals surface area contributed by atoms with Crippen LogP contribution >= 0.6 is 0 Å². The van der Waals surface area contributed by atoms with Crippen LogP contribution in [0.1, 0.15) is 38.3 Å². The molecule has 1 fully saturated rings. The molecular weight excluding hydrogens is 392 g/mol. The molecule has 8 nitrogen and oxygen atoms in total. The number of nitrogens with one attached hydrogen (secondary N) is 1. The number of nitriles is 1. The molecule has 9 heteroatoms. The maximum atomic E-state index is 12.8. The summed E-state index contributed by atoms with van der Waals surface area (Å²) in [6.45, 7) is 4.95. The van der Waals surface area contributed by atoms with Crippen LogP contribution in [-0.2, 0) is 14.8 Å². The third-order valence-corrected chi connectivity index (χ3v) is 6.66. The van der Waals surface area contributed by atoms with E-state index in [4.69, 9.17) is 9.15 Å². The van der Waals surface area contributed by atoms with Crippen LogP contribution in [0.5, 0.6) is 0 Å². The van der Waals surface area contributed by atoms with E-state index in [-0.39, 0.29) is 16.5 Å². The van der Waals surface area contributed by atoms with Crippen LogP contribution in [0, 0.1) is 11.3 Å². The maximum Gasteiger partial charge on any atom is 0.243 e. The van der Waals surface area contributed by atoms with Crippen molar-refractivity contribution < 1.29 is 17.6 Å². The number of aromatic nitrogens is 1. The molecule has 0 radical (unpaired) electrons. The second-order valence-corrected chi connectivity index (χ2v) is 8.71. The van der Waals surface area contributed by atoms with Gasteiger partial charge in [-0.25, -0.2) is 8.42 Å². The Hall–Kier alpha value is -2.41. The van der Waals surface area contributed by atoms with Crippen molar-refractivity contribution >= 4 is 15.9 Å². The van der Waals surface area contributed by atoms with Gasteiger partial charge in [-0.1, -0.05) is 6.42 Å². The summed E-state index contributed by atoms with van der Waals surface area (Å²) in [5, 5.41) is 12.4. The lowest BCUT2D eigenvalue weighted by Gasteiger charge is -2.25. The highest BCUT2D eigenvalue weighted by atomic mass is 32.2. The van der Waals surface area contributed by atoms with Crippen LogP contribution in [0.3, 0.4) is 0 Å². The number of nitrogens with zero attached hydrogens (tertiary/aromatic N) is 3. The van der Waals surface area contributed by atoms with E-state index >= 15 is 0 Å². The molecule has 1 N–H and O–H groups in total. The minimum Gasteiger partial charge on any atom is -0.419 e. The van der Waals surface area contributed by atoms with E-state index in [1.165, 1.54) is 4.31 Å². The molecule has 1 saturated heterocycles. The molecular formula is C20H26N4O4S. The highest BCUT2D eigenvalue weighted by Crippen LogP contribution is 2.27. The molecule has 0 atom stereocenters. The number of ether oxygens (including phenoxy) is 1. The molecule has 1 aliphatic heterocycles. The summed E-state index contributed by atoms with van der Waals surface area (Å²) in [7, 11) is -3.48. The lowest BCUT2D eigenvalue weighted by Crippen LogP contribution is -2.35. The van der Waals surface area contributed by atoms with Crippen molar-refractivity contribution in [3.05, 3.63) is 30.0 Å². The van der Waals surface area contributed by atoms with Crippen molar-refractivity contribution in [3.8, 4) is 17.5 Å². The zero-order valence-corrected chi connectivity index (χ0v) is 17.4. The van der Waals surface area contributed by atoms with Crippen LogP contribution in [0.25, 0.3) is 11.5 Å². The van der Waals surface area contributed by atoms with Gasteiger partial charge in [0.15, 0.2) is 0 Å². The largest absolute Gasteiger partial charge is 0.419 e. The van der Waals surface area contributed by atoms with Crippen molar-refractivity contribution in [2.24, 2.45) is 0 Å². The molecule has 29 heavy (non-hydrogen) atoms. The van der Waals surface area contributed by atoms with Crippen molar-refractivity contribution in [3.63, 3.8) is 0 Å². The summed E-state index contributed by atoms with van der Waals surface area (Å²) in [6, 6.07) is 8.45. The second kappa shape index (κ2) is 9.87. The minimum absolute atomic E-state index is 0.168. The fourth-order valence-electron chi connectivity index (χ4n) is 3.18. The van der Waals surface area contributed by atoms with E-state index in [0.29, 0.717) is 44.3 Å². The number of benzene rings is 1. The number of piperidine rings is 1. The highest BCUT2D eigenvalue weighted by molar-refractivity contribution is 7.89. The number of rotatable bonds is 9. The molecule has 0 amide bonds. The molecule has 1 aliphatic rings. The molecule has 1 aromatic carbocycles. The number of hydrogen-bond acceptors (Lipinski definition) is 7. The van der Waals surface area contributed by atoms with Crippen molar-refractivity contribution in [1.29, 1.82) is 5.26 Å². The van der Waals surface area contributed by atoms with E-state index < -0.39 is 10.0 Å². The maximum absolute atomic E-state index is 12.8. The Balaban J connectivity index is 1.72. The van der Waals surface area contributed by atoms with E-state index in [2.05, 4.69) is 10.3 Å². The quantitative estimate of drug-likeness (QED) is 0.623. The predicted molar refractivity (Wildman–Crippen MR) is 109 cm³/mol. The van der Waals surface area contributed by atoms with E-state index in [0.717, 1.165) is 25.7 Å². The monoisotopic (exact) mass is 418 g/mol. The topological polar surface area (TPSA) is 108 Å². The third kappa shape index (κ3) is 5.15. The van der Waals surface area contributed by atoms with Gasteiger partial charge in [-0.2, -0.15) is 14.6 Å². The summed E-state index contributed by atoms with van der Waals surface area (Å²) in [5.74, 6) is 0.583. The Labute approximate surface area is 171 Å². The molecule has 156 valence electrons. The normalized spacial score (nSPS) is 15.2.